The Balaban J connectivity index is 2.88. The molecule has 5 heteroatoms. The molecular weight excluding hydrogens is 209 g/mol. The van der Waals surface area contributed by atoms with E-state index in [1.807, 2.05) is 0 Å². The Kier molecular flexibility index (Phi) is 3.44. The summed E-state index contributed by atoms with van der Waals surface area (Å²) in [6.07, 6.45) is -4.70. The van der Waals surface area contributed by atoms with Crippen molar-refractivity contribution < 1.29 is 22.6 Å². The molecule has 1 aromatic carbocycles. The van der Waals surface area contributed by atoms with Gasteiger partial charge in [0.2, 0.25) is 0 Å². The van der Waals surface area contributed by atoms with Crippen molar-refractivity contribution in [2.75, 3.05) is 6.61 Å². The van der Waals surface area contributed by atoms with Crippen LogP contribution in [0.5, 0.6) is 11.5 Å². The van der Waals surface area contributed by atoms with E-state index in [4.69, 9.17) is 4.74 Å². The topological polar surface area (TPSA) is 18.5 Å². The lowest BCUT2D eigenvalue weighted by Crippen LogP contribution is -2.17. The molecule has 0 bridgehead atoms. The number of hydrogen-bond donors (Lipinski definition) is 0. The molecule has 0 saturated carbocycles. The third-order valence-corrected chi connectivity index (χ3v) is 1.48. The predicted octanol–water partition coefficient (Wildman–Crippen LogP) is 3.17. The summed E-state index contributed by atoms with van der Waals surface area (Å²) in [5, 5.41) is 0. The summed E-state index contributed by atoms with van der Waals surface area (Å²) < 4.78 is 44.5. The van der Waals surface area contributed by atoms with Crippen LogP contribution in [0.4, 0.5) is 13.2 Å². The van der Waals surface area contributed by atoms with Gasteiger partial charge in [0.25, 0.3) is 0 Å². The van der Waals surface area contributed by atoms with Gasteiger partial charge in [0.05, 0.1) is 6.61 Å². The maximum atomic E-state index is 11.9. The van der Waals surface area contributed by atoms with Gasteiger partial charge < -0.3 is 9.47 Å². The molecule has 0 aliphatic heterocycles. The Morgan fingerprint density at radius 1 is 1.20 bits per heavy atom. The van der Waals surface area contributed by atoms with Crippen molar-refractivity contribution in [2.45, 2.75) is 13.3 Å². The molecule has 0 saturated heterocycles. The van der Waals surface area contributed by atoms with Crippen LogP contribution in [0.3, 0.4) is 0 Å². The normalized spacial score (nSPS) is 11.3. The molecule has 1 radical (unpaired) electrons. The summed E-state index contributed by atoms with van der Waals surface area (Å²) in [6, 6.07) is 3.90. The molecule has 0 atom stereocenters. The minimum absolute atomic E-state index is 0.309. The first-order valence-electron chi connectivity index (χ1n) is 4.26. The Morgan fingerprint density at radius 2 is 1.80 bits per heavy atom. The SMILES string of the molecule is [CH2]c1cc(OCC)cc(OC(F)(F)F)c1. The Labute approximate surface area is 85.6 Å². The smallest absolute Gasteiger partial charge is 0.494 e. The molecule has 0 N–H and O–H groups in total. The van der Waals surface area contributed by atoms with Crippen LogP contribution in [0.1, 0.15) is 12.5 Å². The molecule has 1 aromatic rings. The van der Waals surface area contributed by atoms with Gasteiger partial charge in [0.1, 0.15) is 11.5 Å². The molecule has 0 fully saturated rings. The van der Waals surface area contributed by atoms with Crippen molar-refractivity contribution in [3.63, 3.8) is 0 Å². The first-order valence-corrected chi connectivity index (χ1v) is 4.26. The Bertz CT molecular complexity index is 334. The zero-order valence-corrected chi connectivity index (χ0v) is 8.10. The molecule has 0 amide bonds. The van der Waals surface area contributed by atoms with E-state index in [0.29, 0.717) is 17.9 Å². The fourth-order valence-electron chi connectivity index (χ4n) is 1.07. The third kappa shape index (κ3) is 4.10. The molecule has 1 rings (SSSR count). The standard InChI is InChI=1S/C10H10F3O2/c1-3-14-8-4-7(2)5-9(6-8)15-10(11,12)13/h4-6H,2-3H2,1H3. The summed E-state index contributed by atoms with van der Waals surface area (Å²) in [5.41, 5.74) is 0.403. The van der Waals surface area contributed by atoms with E-state index in [1.165, 1.54) is 18.2 Å². The number of ether oxygens (including phenoxy) is 2. The summed E-state index contributed by atoms with van der Waals surface area (Å²) in [6.45, 7) is 5.63. The van der Waals surface area contributed by atoms with Crippen LogP contribution in [0.2, 0.25) is 0 Å². The highest BCUT2D eigenvalue weighted by Gasteiger charge is 2.31. The molecule has 15 heavy (non-hydrogen) atoms. The minimum atomic E-state index is -4.70. The van der Waals surface area contributed by atoms with Gasteiger partial charge in [-0.25, -0.2) is 0 Å². The van der Waals surface area contributed by atoms with E-state index >= 15 is 0 Å². The molecule has 0 heterocycles. The summed E-state index contributed by atoms with van der Waals surface area (Å²) in [4.78, 5) is 0. The number of halogens is 3. The summed E-state index contributed by atoms with van der Waals surface area (Å²) in [7, 11) is 0. The van der Waals surface area contributed by atoms with E-state index in [1.54, 1.807) is 6.92 Å². The maximum absolute atomic E-state index is 11.9. The molecule has 0 aliphatic carbocycles. The first-order chi connectivity index (χ1) is 6.90. The Morgan fingerprint density at radius 3 is 2.33 bits per heavy atom. The zero-order chi connectivity index (χ0) is 11.5. The van der Waals surface area contributed by atoms with E-state index in [9.17, 15) is 13.2 Å². The molecular formula is C10H10F3O2. The highest BCUT2D eigenvalue weighted by Crippen LogP contribution is 2.27. The van der Waals surface area contributed by atoms with Crippen LogP contribution in [0.25, 0.3) is 0 Å². The second-order valence-electron chi connectivity index (χ2n) is 2.79. The van der Waals surface area contributed by atoms with Crippen molar-refractivity contribution in [3.8, 4) is 11.5 Å². The molecule has 0 aromatic heterocycles. The van der Waals surface area contributed by atoms with E-state index in [0.717, 1.165) is 0 Å². The Hall–Kier alpha value is -1.39. The second-order valence-corrected chi connectivity index (χ2v) is 2.79. The molecule has 83 valence electrons. The second kappa shape index (κ2) is 4.42. The van der Waals surface area contributed by atoms with Crippen LogP contribution >= 0.6 is 0 Å². The van der Waals surface area contributed by atoms with Crippen molar-refractivity contribution >= 4 is 0 Å². The summed E-state index contributed by atoms with van der Waals surface area (Å²) in [5.74, 6) is -0.0114. The van der Waals surface area contributed by atoms with Gasteiger partial charge in [-0.05, 0) is 31.5 Å². The fraction of sp³-hybridized carbons (Fsp3) is 0.300. The van der Waals surface area contributed by atoms with Gasteiger partial charge in [-0.3, -0.25) is 0 Å². The van der Waals surface area contributed by atoms with Crippen molar-refractivity contribution in [2.24, 2.45) is 0 Å². The van der Waals surface area contributed by atoms with Crippen LogP contribution in [0, 0.1) is 6.92 Å². The first kappa shape index (κ1) is 11.7. The minimum Gasteiger partial charge on any atom is -0.494 e. The van der Waals surface area contributed by atoms with Gasteiger partial charge in [-0.1, -0.05) is 0 Å². The van der Waals surface area contributed by atoms with Gasteiger partial charge in [-0.15, -0.1) is 13.2 Å². The molecule has 0 spiro atoms. The lowest BCUT2D eigenvalue weighted by molar-refractivity contribution is -0.274. The van der Waals surface area contributed by atoms with Crippen molar-refractivity contribution in [1.82, 2.24) is 0 Å². The average Bonchev–Trinajstić information content (AvgIpc) is 1.99. The number of alkyl halides is 3. The van der Waals surface area contributed by atoms with Crippen molar-refractivity contribution in [1.29, 1.82) is 0 Å². The van der Waals surface area contributed by atoms with Gasteiger partial charge in [0, 0.05) is 6.07 Å². The van der Waals surface area contributed by atoms with E-state index in [-0.39, 0.29) is 5.75 Å². The van der Waals surface area contributed by atoms with Crippen LogP contribution in [-0.4, -0.2) is 13.0 Å². The highest BCUT2D eigenvalue weighted by molar-refractivity contribution is 5.39. The van der Waals surface area contributed by atoms with Crippen LogP contribution < -0.4 is 9.47 Å². The monoisotopic (exact) mass is 219 g/mol. The number of rotatable bonds is 3. The van der Waals surface area contributed by atoms with Gasteiger partial charge in [-0.2, -0.15) is 0 Å². The average molecular weight is 219 g/mol. The lowest BCUT2D eigenvalue weighted by atomic mass is 10.2. The van der Waals surface area contributed by atoms with E-state index < -0.39 is 6.36 Å². The van der Waals surface area contributed by atoms with Crippen LogP contribution in [0.15, 0.2) is 18.2 Å². The quantitative estimate of drug-likeness (QED) is 0.777. The molecule has 2 nitrogen and oxygen atoms in total. The summed E-state index contributed by atoms with van der Waals surface area (Å²) >= 11 is 0. The molecule has 0 unspecified atom stereocenters. The maximum Gasteiger partial charge on any atom is 0.573 e. The van der Waals surface area contributed by atoms with Gasteiger partial charge in [0.15, 0.2) is 0 Å². The van der Waals surface area contributed by atoms with Gasteiger partial charge >= 0.3 is 6.36 Å². The van der Waals surface area contributed by atoms with E-state index in [2.05, 4.69) is 11.7 Å². The third-order valence-electron chi connectivity index (χ3n) is 1.48. The highest BCUT2D eigenvalue weighted by atomic mass is 19.4. The molecule has 0 aliphatic rings. The zero-order valence-electron chi connectivity index (χ0n) is 8.10. The lowest BCUT2D eigenvalue weighted by Gasteiger charge is -2.11. The number of benzene rings is 1. The van der Waals surface area contributed by atoms with Crippen molar-refractivity contribution in [3.05, 3.63) is 30.7 Å². The largest absolute Gasteiger partial charge is 0.573 e. The predicted molar refractivity (Wildman–Crippen MR) is 48.8 cm³/mol. The fourth-order valence-corrected chi connectivity index (χ4v) is 1.07. The van der Waals surface area contributed by atoms with Crippen LogP contribution in [-0.2, 0) is 0 Å². The number of hydrogen-bond acceptors (Lipinski definition) is 2.